The van der Waals surface area contributed by atoms with Crippen molar-refractivity contribution < 1.29 is 22.7 Å². The molecule has 0 spiro atoms. The minimum absolute atomic E-state index is 0.103. The van der Waals surface area contributed by atoms with Crippen molar-refractivity contribution in [2.45, 2.75) is 30.6 Å². The fourth-order valence-corrected chi connectivity index (χ4v) is 2.92. The zero-order valence-electron chi connectivity index (χ0n) is 11.9. The molecule has 0 unspecified atom stereocenters. The second-order valence-electron chi connectivity index (χ2n) is 5.21. The average Bonchev–Trinajstić information content (AvgIpc) is 2.98. The van der Waals surface area contributed by atoms with Gasteiger partial charge in [-0.15, -0.1) is 0 Å². The van der Waals surface area contributed by atoms with E-state index in [9.17, 15) is 18.0 Å². The molecule has 1 aliphatic rings. The smallest absolute Gasteiger partial charge is 0.309 e. The molecule has 1 saturated carbocycles. The molecule has 22 heavy (non-hydrogen) atoms. The van der Waals surface area contributed by atoms with Crippen LogP contribution in [0.3, 0.4) is 0 Å². The van der Waals surface area contributed by atoms with Gasteiger partial charge >= 0.3 is 5.97 Å². The first-order valence-electron chi connectivity index (χ1n) is 6.95. The van der Waals surface area contributed by atoms with E-state index < -0.39 is 22.5 Å². The van der Waals surface area contributed by atoms with Crippen LogP contribution in [0.1, 0.15) is 25.7 Å². The maximum atomic E-state index is 11.7. The highest BCUT2D eigenvalue weighted by molar-refractivity contribution is 7.89. The summed E-state index contributed by atoms with van der Waals surface area (Å²) in [6.07, 6.45) is 3.62. The molecule has 1 aliphatic carbocycles. The van der Waals surface area contributed by atoms with Crippen LogP contribution >= 0.6 is 0 Å². The fourth-order valence-electron chi connectivity index (χ4n) is 2.36. The minimum atomic E-state index is -3.83. The van der Waals surface area contributed by atoms with Gasteiger partial charge in [-0.1, -0.05) is 18.9 Å². The van der Waals surface area contributed by atoms with Crippen molar-refractivity contribution in [2.75, 3.05) is 11.9 Å². The number of carbonyl (C=O) groups excluding carboxylic acids is 2. The van der Waals surface area contributed by atoms with Gasteiger partial charge in [-0.25, -0.2) is 13.6 Å². The summed E-state index contributed by atoms with van der Waals surface area (Å²) in [6.45, 7) is -0.394. The van der Waals surface area contributed by atoms with Crippen molar-refractivity contribution in [1.29, 1.82) is 0 Å². The normalized spacial score (nSPS) is 15.5. The van der Waals surface area contributed by atoms with Gasteiger partial charge < -0.3 is 10.1 Å². The summed E-state index contributed by atoms with van der Waals surface area (Å²) in [5.74, 6) is -0.998. The van der Waals surface area contributed by atoms with E-state index in [1.807, 2.05) is 0 Å². The zero-order valence-corrected chi connectivity index (χ0v) is 12.8. The van der Waals surface area contributed by atoms with E-state index in [0.29, 0.717) is 0 Å². The molecule has 0 aromatic heterocycles. The highest BCUT2D eigenvalue weighted by Crippen LogP contribution is 2.25. The second-order valence-corrected chi connectivity index (χ2v) is 6.77. The van der Waals surface area contributed by atoms with Crippen LogP contribution in [0, 0.1) is 5.92 Å². The number of anilines is 1. The molecule has 3 N–H and O–H groups in total. The predicted molar refractivity (Wildman–Crippen MR) is 79.4 cm³/mol. The lowest BCUT2D eigenvalue weighted by Crippen LogP contribution is -2.24. The Morgan fingerprint density at radius 3 is 2.59 bits per heavy atom. The first-order valence-corrected chi connectivity index (χ1v) is 8.50. The van der Waals surface area contributed by atoms with Gasteiger partial charge in [0.25, 0.3) is 5.91 Å². The molecular weight excluding hydrogens is 308 g/mol. The lowest BCUT2D eigenvalue weighted by molar-refractivity contribution is -0.151. The Balaban J connectivity index is 1.88. The van der Waals surface area contributed by atoms with Crippen molar-refractivity contribution in [3.8, 4) is 0 Å². The summed E-state index contributed by atoms with van der Waals surface area (Å²) in [4.78, 5) is 23.3. The number of hydrogen-bond donors (Lipinski definition) is 2. The molecule has 2 rings (SSSR count). The van der Waals surface area contributed by atoms with Gasteiger partial charge in [0.15, 0.2) is 6.61 Å². The van der Waals surface area contributed by atoms with E-state index in [2.05, 4.69) is 5.32 Å². The molecule has 0 aliphatic heterocycles. The first-order chi connectivity index (χ1) is 10.4. The molecule has 7 nitrogen and oxygen atoms in total. The maximum absolute atomic E-state index is 11.7. The van der Waals surface area contributed by atoms with E-state index >= 15 is 0 Å². The van der Waals surface area contributed by atoms with Crippen molar-refractivity contribution in [2.24, 2.45) is 11.1 Å². The van der Waals surface area contributed by atoms with Gasteiger partial charge in [0.1, 0.15) is 0 Å². The average molecular weight is 326 g/mol. The molecule has 8 heteroatoms. The summed E-state index contributed by atoms with van der Waals surface area (Å²) in [7, 11) is -3.83. The van der Waals surface area contributed by atoms with Gasteiger partial charge in [0, 0.05) is 5.69 Å². The predicted octanol–water partition coefficient (Wildman–Crippen LogP) is 1.01. The molecule has 1 amide bonds. The zero-order chi connectivity index (χ0) is 16.2. The topological polar surface area (TPSA) is 116 Å². The van der Waals surface area contributed by atoms with Crippen molar-refractivity contribution >= 4 is 27.6 Å². The SMILES string of the molecule is NS(=O)(=O)c1cccc(NC(=O)COC(=O)C2CCCC2)c1. The Bertz CT molecular complexity index is 666. The molecule has 0 heterocycles. The number of benzene rings is 1. The van der Waals surface area contributed by atoms with Crippen LogP contribution in [0.2, 0.25) is 0 Å². The minimum Gasteiger partial charge on any atom is -0.455 e. The number of rotatable bonds is 5. The molecule has 1 fully saturated rings. The number of ether oxygens (including phenoxy) is 1. The summed E-state index contributed by atoms with van der Waals surface area (Å²) < 4.78 is 27.4. The van der Waals surface area contributed by atoms with Crippen molar-refractivity contribution in [3.63, 3.8) is 0 Å². The summed E-state index contributed by atoms with van der Waals surface area (Å²) in [5, 5.41) is 7.48. The monoisotopic (exact) mass is 326 g/mol. The highest BCUT2D eigenvalue weighted by Gasteiger charge is 2.24. The molecule has 0 saturated heterocycles. The standard InChI is InChI=1S/C14H18N2O5S/c15-22(19,20)12-7-3-6-11(8-12)16-13(17)9-21-14(18)10-4-1-2-5-10/h3,6-8,10H,1-2,4-5,9H2,(H,16,17)(H2,15,19,20). The number of nitrogens with one attached hydrogen (secondary N) is 1. The third kappa shape index (κ3) is 4.54. The Morgan fingerprint density at radius 1 is 1.27 bits per heavy atom. The van der Waals surface area contributed by atoms with Crippen LogP contribution < -0.4 is 10.5 Å². The number of hydrogen-bond acceptors (Lipinski definition) is 5. The van der Waals surface area contributed by atoms with Crippen LogP contribution in [0.5, 0.6) is 0 Å². The first kappa shape index (κ1) is 16.4. The number of sulfonamides is 1. The Morgan fingerprint density at radius 2 is 1.95 bits per heavy atom. The molecule has 0 atom stereocenters. The summed E-state index contributed by atoms with van der Waals surface area (Å²) in [6, 6.07) is 5.54. The molecular formula is C14H18N2O5S. The number of esters is 1. The molecule has 1 aromatic rings. The van der Waals surface area contributed by atoms with Crippen LogP contribution in [0.25, 0.3) is 0 Å². The van der Waals surface area contributed by atoms with Crippen LogP contribution in [-0.2, 0) is 24.3 Å². The van der Waals surface area contributed by atoms with Gasteiger partial charge in [-0.2, -0.15) is 0 Å². The Hall–Kier alpha value is -1.93. The molecule has 0 radical (unpaired) electrons. The quantitative estimate of drug-likeness (QED) is 0.783. The number of nitrogens with two attached hydrogens (primary N) is 1. The van der Waals surface area contributed by atoms with Gasteiger partial charge in [-0.3, -0.25) is 9.59 Å². The van der Waals surface area contributed by atoms with Crippen LogP contribution in [-0.4, -0.2) is 26.9 Å². The highest BCUT2D eigenvalue weighted by atomic mass is 32.2. The van der Waals surface area contributed by atoms with E-state index in [0.717, 1.165) is 25.7 Å². The van der Waals surface area contributed by atoms with Crippen LogP contribution in [0.4, 0.5) is 5.69 Å². The lowest BCUT2D eigenvalue weighted by atomic mass is 10.1. The van der Waals surface area contributed by atoms with Crippen LogP contribution in [0.15, 0.2) is 29.2 Å². The third-order valence-corrected chi connectivity index (χ3v) is 4.39. The fraction of sp³-hybridized carbons (Fsp3) is 0.429. The number of carbonyl (C=O) groups is 2. The van der Waals surface area contributed by atoms with Gasteiger partial charge in [-0.05, 0) is 31.0 Å². The maximum Gasteiger partial charge on any atom is 0.309 e. The van der Waals surface area contributed by atoms with Crippen molar-refractivity contribution in [1.82, 2.24) is 0 Å². The molecule has 120 valence electrons. The lowest BCUT2D eigenvalue weighted by Gasteiger charge is -2.10. The number of amides is 1. The largest absolute Gasteiger partial charge is 0.455 e. The Kier molecular flexibility index (Phi) is 5.15. The number of primary sulfonamides is 1. The van der Waals surface area contributed by atoms with Crippen molar-refractivity contribution in [3.05, 3.63) is 24.3 Å². The van der Waals surface area contributed by atoms with Gasteiger partial charge in [0.2, 0.25) is 10.0 Å². The second kappa shape index (κ2) is 6.89. The summed E-state index contributed by atoms with van der Waals surface area (Å²) >= 11 is 0. The van der Waals surface area contributed by atoms with E-state index in [1.54, 1.807) is 0 Å². The van der Waals surface area contributed by atoms with E-state index in [1.165, 1.54) is 24.3 Å². The third-order valence-electron chi connectivity index (χ3n) is 3.48. The molecule has 1 aromatic carbocycles. The molecule has 0 bridgehead atoms. The van der Waals surface area contributed by atoms with E-state index in [-0.39, 0.29) is 22.5 Å². The van der Waals surface area contributed by atoms with E-state index in [4.69, 9.17) is 9.88 Å². The summed E-state index contributed by atoms with van der Waals surface area (Å²) in [5.41, 5.74) is 0.272. The Labute approximate surface area is 128 Å². The van der Waals surface area contributed by atoms with Gasteiger partial charge in [0.05, 0.1) is 10.8 Å².